The summed E-state index contributed by atoms with van der Waals surface area (Å²) >= 11 is 1.19. The van der Waals surface area contributed by atoms with Gasteiger partial charge in [-0.15, -0.1) is 0 Å². The van der Waals surface area contributed by atoms with Crippen LogP contribution in [-0.2, 0) is 0 Å². The van der Waals surface area contributed by atoms with Crippen LogP contribution in [0.4, 0.5) is 9.80 Å². The highest BCUT2D eigenvalue weighted by Gasteiger charge is 2.06. The van der Waals surface area contributed by atoms with Gasteiger partial charge in [0.2, 0.25) is 5.88 Å². The van der Waals surface area contributed by atoms with E-state index in [1.165, 1.54) is 23.5 Å². The molecule has 0 fully saturated rings. The van der Waals surface area contributed by atoms with Gasteiger partial charge in [0, 0.05) is 20.2 Å². The Hall–Kier alpha value is -1.30. The molecule has 0 bridgehead atoms. The molecule has 1 aromatic rings. The summed E-state index contributed by atoms with van der Waals surface area (Å²) < 4.78 is 8.80. The van der Waals surface area contributed by atoms with E-state index in [2.05, 4.69) is 9.69 Å². The molecular weight excluding hydrogens is 190 g/mol. The van der Waals surface area contributed by atoms with Gasteiger partial charge in [0.1, 0.15) is 5.00 Å². The van der Waals surface area contributed by atoms with Gasteiger partial charge >= 0.3 is 6.03 Å². The van der Waals surface area contributed by atoms with Crippen LogP contribution in [0.15, 0.2) is 6.07 Å². The van der Waals surface area contributed by atoms with Gasteiger partial charge in [-0.2, -0.15) is 4.37 Å². The zero-order valence-corrected chi connectivity index (χ0v) is 8.51. The highest BCUT2D eigenvalue weighted by Crippen LogP contribution is 2.21. The zero-order valence-electron chi connectivity index (χ0n) is 7.70. The molecule has 0 unspecified atom stereocenters. The van der Waals surface area contributed by atoms with Crippen molar-refractivity contribution in [1.82, 2.24) is 9.27 Å². The van der Waals surface area contributed by atoms with E-state index >= 15 is 0 Å². The molecule has 0 saturated heterocycles. The van der Waals surface area contributed by atoms with E-state index < -0.39 is 0 Å². The molecule has 13 heavy (non-hydrogen) atoms. The highest BCUT2D eigenvalue weighted by atomic mass is 32.1. The largest absolute Gasteiger partial charge is 0.480 e. The molecule has 0 spiro atoms. The first-order valence-corrected chi connectivity index (χ1v) is 4.40. The minimum Gasteiger partial charge on any atom is -0.480 e. The molecule has 0 saturated carbocycles. The van der Waals surface area contributed by atoms with Crippen LogP contribution in [0.25, 0.3) is 0 Å². The van der Waals surface area contributed by atoms with Gasteiger partial charge in [0.05, 0.1) is 7.11 Å². The van der Waals surface area contributed by atoms with Crippen molar-refractivity contribution in [1.29, 1.82) is 0 Å². The Balaban J connectivity index is 2.59. The van der Waals surface area contributed by atoms with Crippen molar-refractivity contribution in [2.45, 2.75) is 0 Å². The molecule has 5 nitrogen and oxygen atoms in total. The second-order valence-corrected chi connectivity index (χ2v) is 3.36. The predicted octanol–water partition coefficient (Wildman–Crippen LogP) is 1.25. The van der Waals surface area contributed by atoms with Crippen LogP contribution >= 0.6 is 11.5 Å². The number of rotatable bonds is 2. The number of ether oxygens (including phenoxy) is 1. The Kier molecular flexibility index (Phi) is 3.07. The van der Waals surface area contributed by atoms with Crippen molar-refractivity contribution in [2.75, 3.05) is 26.5 Å². The van der Waals surface area contributed by atoms with Crippen molar-refractivity contribution < 1.29 is 9.53 Å². The summed E-state index contributed by atoms with van der Waals surface area (Å²) in [6.07, 6.45) is 0. The fourth-order valence-corrected chi connectivity index (χ4v) is 1.23. The molecule has 1 N–H and O–H groups in total. The number of carbonyl (C=O) groups excluding carboxylic acids is 1. The monoisotopic (exact) mass is 201 g/mol. The molecule has 0 aliphatic rings. The topological polar surface area (TPSA) is 54.5 Å². The maximum absolute atomic E-state index is 11.2. The molecule has 0 radical (unpaired) electrons. The number of hydrogen-bond acceptors (Lipinski definition) is 4. The first kappa shape index (κ1) is 9.79. The Morgan fingerprint density at radius 2 is 2.38 bits per heavy atom. The van der Waals surface area contributed by atoms with Crippen LogP contribution < -0.4 is 10.1 Å². The molecule has 0 aliphatic carbocycles. The maximum Gasteiger partial charge on any atom is 0.321 e. The number of aromatic nitrogens is 1. The van der Waals surface area contributed by atoms with Crippen LogP contribution in [0.2, 0.25) is 0 Å². The summed E-state index contributed by atoms with van der Waals surface area (Å²) in [4.78, 5) is 12.6. The van der Waals surface area contributed by atoms with E-state index in [1.807, 2.05) is 0 Å². The van der Waals surface area contributed by atoms with E-state index in [-0.39, 0.29) is 6.03 Å². The van der Waals surface area contributed by atoms with Crippen LogP contribution in [0.3, 0.4) is 0 Å². The highest BCUT2D eigenvalue weighted by molar-refractivity contribution is 7.10. The van der Waals surface area contributed by atoms with Gasteiger partial charge < -0.3 is 9.64 Å². The average molecular weight is 201 g/mol. The van der Waals surface area contributed by atoms with Crippen molar-refractivity contribution >= 4 is 22.6 Å². The Morgan fingerprint density at radius 3 is 2.85 bits per heavy atom. The Morgan fingerprint density at radius 1 is 1.69 bits per heavy atom. The number of anilines is 1. The molecule has 1 heterocycles. The van der Waals surface area contributed by atoms with Crippen molar-refractivity contribution in [3.63, 3.8) is 0 Å². The Bertz CT molecular complexity index is 298. The maximum atomic E-state index is 11.2. The average Bonchev–Trinajstić information content (AvgIpc) is 2.52. The number of methoxy groups -OCH3 is 1. The lowest BCUT2D eigenvalue weighted by Gasteiger charge is -2.09. The number of urea groups is 1. The van der Waals surface area contributed by atoms with E-state index in [9.17, 15) is 4.79 Å². The van der Waals surface area contributed by atoms with E-state index in [1.54, 1.807) is 20.2 Å². The molecular formula is C7H11N3O2S. The summed E-state index contributed by atoms with van der Waals surface area (Å²) in [7, 11) is 4.88. The number of carbonyl (C=O) groups is 1. The van der Waals surface area contributed by atoms with Gasteiger partial charge in [0.15, 0.2) is 0 Å². The summed E-state index contributed by atoms with van der Waals surface area (Å²) in [5, 5.41) is 3.34. The van der Waals surface area contributed by atoms with Crippen molar-refractivity contribution in [2.24, 2.45) is 0 Å². The third-order valence-corrected chi connectivity index (χ3v) is 2.02. The molecule has 6 heteroatoms. The van der Waals surface area contributed by atoms with E-state index in [0.29, 0.717) is 10.9 Å². The van der Waals surface area contributed by atoms with Crippen molar-refractivity contribution in [3.8, 4) is 5.88 Å². The quantitative estimate of drug-likeness (QED) is 0.783. The van der Waals surface area contributed by atoms with Crippen LogP contribution in [0.1, 0.15) is 0 Å². The number of nitrogens with one attached hydrogen (secondary N) is 1. The normalized spacial score (nSPS) is 9.46. The minimum atomic E-state index is -0.175. The molecule has 0 aliphatic heterocycles. The van der Waals surface area contributed by atoms with Crippen molar-refractivity contribution in [3.05, 3.63) is 6.07 Å². The number of amides is 2. The van der Waals surface area contributed by atoms with Gasteiger partial charge in [-0.1, -0.05) is 0 Å². The third-order valence-electron chi connectivity index (χ3n) is 1.33. The predicted molar refractivity (Wildman–Crippen MR) is 51.4 cm³/mol. The summed E-state index contributed by atoms with van der Waals surface area (Å²) in [5.41, 5.74) is 0. The second-order valence-electron chi connectivity index (χ2n) is 2.56. The lowest BCUT2D eigenvalue weighted by Crippen LogP contribution is -2.26. The number of nitrogens with zero attached hydrogens (tertiary/aromatic N) is 2. The van der Waals surface area contributed by atoms with Gasteiger partial charge in [-0.05, 0) is 11.5 Å². The lowest BCUT2D eigenvalue weighted by atomic mass is 10.6. The molecule has 2 amide bonds. The molecule has 0 aromatic carbocycles. The zero-order chi connectivity index (χ0) is 9.84. The van der Waals surface area contributed by atoms with E-state index in [0.717, 1.165) is 0 Å². The summed E-state index contributed by atoms with van der Waals surface area (Å²) in [6.45, 7) is 0. The van der Waals surface area contributed by atoms with Gasteiger partial charge in [0.25, 0.3) is 0 Å². The number of hydrogen-bond donors (Lipinski definition) is 1. The third kappa shape index (κ3) is 2.59. The van der Waals surface area contributed by atoms with Crippen LogP contribution in [0, 0.1) is 0 Å². The second kappa shape index (κ2) is 4.08. The first-order valence-electron chi connectivity index (χ1n) is 3.62. The van der Waals surface area contributed by atoms with Crippen LogP contribution in [-0.4, -0.2) is 36.5 Å². The van der Waals surface area contributed by atoms with Gasteiger partial charge in [-0.25, -0.2) is 4.79 Å². The lowest BCUT2D eigenvalue weighted by molar-refractivity contribution is 0.231. The fraction of sp³-hybridized carbons (Fsp3) is 0.429. The summed E-state index contributed by atoms with van der Waals surface area (Å²) in [5.74, 6) is 0.513. The standard InChI is InChI=1S/C7H11N3O2S/c1-10(2)7(11)8-6-4-5(12-3)9-13-6/h4H,1-3H3,(H,8,11). The molecule has 1 rings (SSSR count). The van der Waals surface area contributed by atoms with E-state index in [4.69, 9.17) is 4.74 Å². The smallest absolute Gasteiger partial charge is 0.321 e. The SMILES string of the molecule is COc1cc(NC(=O)N(C)C)sn1. The van der Waals surface area contributed by atoms with Crippen LogP contribution in [0.5, 0.6) is 5.88 Å². The summed E-state index contributed by atoms with van der Waals surface area (Å²) in [6, 6.07) is 1.50. The molecule has 72 valence electrons. The molecule has 1 aromatic heterocycles. The molecule has 0 atom stereocenters. The first-order chi connectivity index (χ1) is 6.13. The fourth-order valence-electron chi connectivity index (χ4n) is 0.631. The van der Waals surface area contributed by atoms with Gasteiger partial charge in [-0.3, -0.25) is 5.32 Å². The minimum absolute atomic E-state index is 0.175. The Labute approximate surface area is 80.5 Å².